The highest BCUT2D eigenvalue weighted by Crippen LogP contribution is 2.27. The fourth-order valence-corrected chi connectivity index (χ4v) is 4.17. The number of imidazole rings is 1. The number of hydrogen-bond donors (Lipinski definition) is 1. The number of likely N-dealkylation sites (N-methyl/N-ethyl adjacent to an activating group) is 1. The molecule has 34 heavy (non-hydrogen) atoms. The highest BCUT2D eigenvalue weighted by Gasteiger charge is 2.21. The summed E-state index contributed by atoms with van der Waals surface area (Å²) in [7, 11) is 2.06. The lowest BCUT2D eigenvalue weighted by atomic mass is 10.1. The predicted octanol–water partition coefficient (Wildman–Crippen LogP) is 2.35. The molecule has 3 aromatic heterocycles. The van der Waals surface area contributed by atoms with Crippen molar-refractivity contribution in [2.24, 2.45) is 0 Å². The zero-order valence-electron chi connectivity index (χ0n) is 19.1. The van der Waals surface area contributed by atoms with E-state index in [4.69, 9.17) is 5.73 Å². The standard InChI is InChI=1S/C24H25FN8O/c1-15-28-21(26)20-23(29-15)33(22(30-20)18-11-19(25)13-27-12-18)14-16-3-5-17(6-4-16)24(34)32-9-7-31(2)8-10-32/h3-6,11-13H,7-10,14H2,1-2H3,(H2,26,28,29). The minimum atomic E-state index is -0.460. The first-order chi connectivity index (χ1) is 16.4. The van der Waals surface area contributed by atoms with Crippen LogP contribution >= 0.6 is 0 Å². The van der Waals surface area contributed by atoms with Gasteiger partial charge in [-0.25, -0.2) is 19.3 Å². The number of fused-ring (bicyclic) bond motifs is 1. The smallest absolute Gasteiger partial charge is 0.253 e. The van der Waals surface area contributed by atoms with Gasteiger partial charge in [0, 0.05) is 43.5 Å². The number of aryl methyl sites for hydroxylation is 1. The van der Waals surface area contributed by atoms with E-state index in [1.807, 2.05) is 33.7 Å². The first-order valence-electron chi connectivity index (χ1n) is 11.1. The van der Waals surface area contributed by atoms with Crippen molar-refractivity contribution in [1.29, 1.82) is 0 Å². The summed E-state index contributed by atoms with van der Waals surface area (Å²) in [5, 5.41) is 0. The maximum atomic E-state index is 13.9. The third-order valence-electron chi connectivity index (χ3n) is 6.03. The summed E-state index contributed by atoms with van der Waals surface area (Å²) in [6, 6.07) is 8.89. The topological polar surface area (TPSA) is 106 Å². The van der Waals surface area contributed by atoms with Crippen LogP contribution in [0.2, 0.25) is 0 Å². The molecule has 5 rings (SSSR count). The Balaban J connectivity index is 1.48. The normalized spacial score (nSPS) is 14.6. The minimum absolute atomic E-state index is 0.0374. The summed E-state index contributed by atoms with van der Waals surface area (Å²) in [6.45, 7) is 5.36. The van der Waals surface area contributed by atoms with Crippen LogP contribution in [0, 0.1) is 12.7 Å². The van der Waals surface area contributed by atoms with Gasteiger partial charge in [0.2, 0.25) is 0 Å². The third kappa shape index (κ3) is 4.19. The molecular weight excluding hydrogens is 435 g/mol. The largest absolute Gasteiger partial charge is 0.382 e. The Kier molecular flexibility index (Phi) is 5.66. The average molecular weight is 461 g/mol. The molecule has 9 nitrogen and oxygen atoms in total. The molecule has 0 bridgehead atoms. The molecule has 10 heteroatoms. The quantitative estimate of drug-likeness (QED) is 0.498. The molecule has 174 valence electrons. The van der Waals surface area contributed by atoms with E-state index >= 15 is 0 Å². The van der Waals surface area contributed by atoms with E-state index < -0.39 is 5.82 Å². The second-order valence-corrected chi connectivity index (χ2v) is 8.53. The molecule has 4 heterocycles. The van der Waals surface area contributed by atoms with Gasteiger partial charge in [-0.1, -0.05) is 12.1 Å². The Hall–Kier alpha value is -3.92. The highest BCUT2D eigenvalue weighted by molar-refractivity contribution is 5.94. The molecule has 1 aliphatic rings. The number of nitrogens with zero attached hydrogens (tertiary/aromatic N) is 7. The molecule has 1 saturated heterocycles. The van der Waals surface area contributed by atoms with Gasteiger partial charge in [-0.05, 0) is 37.7 Å². The first kappa shape index (κ1) is 21.9. The molecule has 0 spiro atoms. The van der Waals surface area contributed by atoms with Gasteiger partial charge in [-0.3, -0.25) is 9.78 Å². The number of amides is 1. The Morgan fingerprint density at radius 2 is 1.79 bits per heavy atom. The Bertz CT molecular complexity index is 1360. The minimum Gasteiger partial charge on any atom is -0.382 e. The lowest BCUT2D eigenvalue weighted by molar-refractivity contribution is 0.0664. The maximum absolute atomic E-state index is 13.9. The molecule has 1 amide bonds. The van der Waals surface area contributed by atoms with Crippen molar-refractivity contribution >= 4 is 22.9 Å². The van der Waals surface area contributed by atoms with Gasteiger partial charge in [-0.2, -0.15) is 0 Å². The number of nitrogens with two attached hydrogens (primary N) is 1. The van der Waals surface area contributed by atoms with Gasteiger partial charge in [0.25, 0.3) is 5.91 Å². The van der Waals surface area contributed by atoms with Crippen LogP contribution < -0.4 is 5.73 Å². The zero-order valence-corrected chi connectivity index (χ0v) is 19.1. The number of aromatic nitrogens is 5. The number of anilines is 1. The van der Waals surface area contributed by atoms with Crippen LogP contribution in [-0.4, -0.2) is 73.4 Å². The molecule has 0 aliphatic carbocycles. The van der Waals surface area contributed by atoms with E-state index in [9.17, 15) is 9.18 Å². The molecule has 0 atom stereocenters. The van der Waals surface area contributed by atoms with Crippen LogP contribution in [0.5, 0.6) is 0 Å². The van der Waals surface area contributed by atoms with Crippen molar-refractivity contribution in [3.8, 4) is 11.4 Å². The van der Waals surface area contributed by atoms with Crippen molar-refractivity contribution < 1.29 is 9.18 Å². The van der Waals surface area contributed by atoms with Crippen LogP contribution in [0.1, 0.15) is 21.7 Å². The number of rotatable bonds is 4. The number of benzene rings is 1. The SMILES string of the molecule is Cc1nc(N)c2nc(-c3cncc(F)c3)n(Cc3ccc(C(=O)N4CCN(C)CC4)cc3)c2n1. The molecule has 2 N–H and O–H groups in total. The molecule has 0 saturated carbocycles. The fourth-order valence-electron chi connectivity index (χ4n) is 4.17. The Morgan fingerprint density at radius 3 is 2.50 bits per heavy atom. The van der Waals surface area contributed by atoms with E-state index in [2.05, 4.69) is 31.9 Å². The first-order valence-corrected chi connectivity index (χ1v) is 11.1. The number of pyridine rings is 1. The van der Waals surface area contributed by atoms with Crippen molar-refractivity contribution in [3.05, 3.63) is 65.5 Å². The predicted molar refractivity (Wildman–Crippen MR) is 127 cm³/mol. The lowest BCUT2D eigenvalue weighted by Crippen LogP contribution is -2.47. The second kappa shape index (κ2) is 8.79. The molecule has 0 radical (unpaired) electrons. The number of nitrogen functional groups attached to an aromatic ring is 1. The van der Waals surface area contributed by atoms with Crippen LogP contribution in [0.15, 0.2) is 42.7 Å². The Morgan fingerprint density at radius 1 is 1.06 bits per heavy atom. The Labute approximate surface area is 196 Å². The van der Waals surface area contributed by atoms with Gasteiger partial charge in [0.1, 0.15) is 17.5 Å². The third-order valence-corrected chi connectivity index (χ3v) is 6.03. The number of hydrogen-bond acceptors (Lipinski definition) is 7. The zero-order chi connectivity index (χ0) is 23.8. The molecule has 0 unspecified atom stereocenters. The number of halogens is 1. The number of carbonyl (C=O) groups excluding carboxylic acids is 1. The molecule has 1 aliphatic heterocycles. The molecular formula is C24H25FN8O. The van der Waals surface area contributed by atoms with Gasteiger partial charge in [-0.15, -0.1) is 0 Å². The molecule has 1 fully saturated rings. The summed E-state index contributed by atoms with van der Waals surface area (Å²) >= 11 is 0. The van der Waals surface area contributed by atoms with Crippen LogP contribution in [0.4, 0.5) is 10.2 Å². The van der Waals surface area contributed by atoms with Crippen LogP contribution in [0.25, 0.3) is 22.6 Å². The van der Waals surface area contributed by atoms with Gasteiger partial charge in [0.05, 0.1) is 12.7 Å². The van der Waals surface area contributed by atoms with Crippen LogP contribution in [0.3, 0.4) is 0 Å². The van der Waals surface area contributed by atoms with Gasteiger partial charge in [0.15, 0.2) is 17.0 Å². The summed E-state index contributed by atoms with van der Waals surface area (Å²) in [4.78, 5) is 34.3. The fraction of sp³-hybridized carbons (Fsp3) is 0.292. The molecule has 4 aromatic rings. The second-order valence-electron chi connectivity index (χ2n) is 8.53. The maximum Gasteiger partial charge on any atom is 0.253 e. The monoisotopic (exact) mass is 460 g/mol. The lowest BCUT2D eigenvalue weighted by Gasteiger charge is -2.32. The van der Waals surface area contributed by atoms with E-state index in [0.717, 1.165) is 37.9 Å². The number of carbonyl (C=O) groups is 1. The summed E-state index contributed by atoms with van der Waals surface area (Å²) < 4.78 is 15.8. The molecule has 1 aromatic carbocycles. The average Bonchev–Trinajstić information content (AvgIpc) is 3.18. The van der Waals surface area contributed by atoms with Crippen molar-refractivity contribution in [2.75, 3.05) is 39.0 Å². The van der Waals surface area contributed by atoms with Gasteiger partial charge >= 0.3 is 0 Å². The summed E-state index contributed by atoms with van der Waals surface area (Å²) in [6.07, 6.45) is 2.69. The summed E-state index contributed by atoms with van der Waals surface area (Å²) in [5.74, 6) is 0.850. The number of piperazine rings is 1. The van der Waals surface area contributed by atoms with E-state index in [0.29, 0.717) is 40.5 Å². The highest BCUT2D eigenvalue weighted by atomic mass is 19.1. The van der Waals surface area contributed by atoms with E-state index in [-0.39, 0.29) is 11.7 Å². The van der Waals surface area contributed by atoms with Crippen molar-refractivity contribution in [2.45, 2.75) is 13.5 Å². The van der Waals surface area contributed by atoms with Crippen LogP contribution in [-0.2, 0) is 6.54 Å². The van der Waals surface area contributed by atoms with E-state index in [1.54, 1.807) is 13.1 Å². The van der Waals surface area contributed by atoms with Crippen molar-refractivity contribution in [3.63, 3.8) is 0 Å². The van der Waals surface area contributed by atoms with Crippen molar-refractivity contribution in [1.82, 2.24) is 34.3 Å². The summed E-state index contributed by atoms with van der Waals surface area (Å²) in [5.41, 5.74) is 9.22. The van der Waals surface area contributed by atoms with E-state index in [1.165, 1.54) is 6.07 Å². The van der Waals surface area contributed by atoms with Gasteiger partial charge < -0.3 is 20.1 Å².